The number of hydrogen-bond acceptors (Lipinski definition) is 6. The molecule has 3 aromatic rings. The fraction of sp³-hybridized carbons (Fsp3) is 0.467. The number of tetrazole rings is 1. The van der Waals surface area contributed by atoms with Crippen molar-refractivity contribution in [2.75, 3.05) is 37.6 Å². The molecule has 114 valence electrons. The van der Waals surface area contributed by atoms with Crippen LogP contribution in [0.1, 0.15) is 13.3 Å². The minimum Gasteiger partial charge on any atom is -0.352 e. The molecule has 0 unspecified atom stereocenters. The van der Waals surface area contributed by atoms with Crippen molar-refractivity contribution in [3.8, 4) is 0 Å². The predicted molar refractivity (Wildman–Crippen MR) is 85.0 cm³/mol. The summed E-state index contributed by atoms with van der Waals surface area (Å²) in [6, 6.07) is 8.21. The fourth-order valence-electron chi connectivity index (χ4n) is 3.16. The van der Waals surface area contributed by atoms with Gasteiger partial charge in [0.05, 0.1) is 0 Å². The molecule has 0 atom stereocenters. The molecular formula is C15H19N7. The largest absolute Gasteiger partial charge is 0.352 e. The van der Waals surface area contributed by atoms with Gasteiger partial charge in [0.25, 0.3) is 0 Å². The molecule has 0 bridgehead atoms. The lowest BCUT2D eigenvalue weighted by Crippen LogP contribution is -2.47. The maximum absolute atomic E-state index is 4.65. The average molecular weight is 297 g/mol. The molecule has 1 saturated heterocycles. The number of piperazine rings is 1. The molecule has 1 aliphatic rings. The van der Waals surface area contributed by atoms with Gasteiger partial charge in [-0.1, -0.05) is 31.2 Å². The van der Waals surface area contributed by atoms with Gasteiger partial charge in [-0.15, -0.1) is 14.8 Å². The smallest absolute Gasteiger partial charge is 0.207 e. The first kappa shape index (κ1) is 13.4. The minimum atomic E-state index is 0.712. The van der Waals surface area contributed by atoms with Crippen molar-refractivity contribution in [1.82, 2.24) is 30.2 Å². The van der Waals surface area contributed by atoms with Crippen molar-refractivity contribution in [1.29, 1.82) is 0 Å². The number of nitrogens with zero attached hydrogens (tertiary/aromatic N) is 7. The highest BCUT2D eigenvalue weighted by atomic mass is 15.6. The highest BCUT2D eigenvalue weighted by molar-refractivity contribution is 5.99. The number of rotatable bonds is 3. The first-order chi connectivity index (χ1) is 10.9. The number of fused-ring (bicyclic) bond motifs is 3. The van der Waals surface area contributed by atoms with Gasteiger partial charge >= 0.3 is 0 Å². The normalized spacial score (nSPS) is 16.7. The minimum absolute atomic E-state index is 0.712. The maximum atomic E-state index is 4.65. The summed E-state index contributed by atoms with van der Waals surface area (Å²) in [6.07, 6.45) is 1.21. The highest BCUT2D eigenvalue weighted by Crippen LogP contribution is 2.27. The van der Waals surface area contributed by atoms with Gasteiger partial charge in [0.15, 0.2) is 5.82 Å². The van der Waals surface area contributed by atoms with E-state index in [1.807, 2.05) is 12.1 Å². The lowest BCUT2D eigenvalue weighted by molar-refractivity contribution is 0.258. The van der Waals surface area contributed by atoms with Crippen LogP contribution in [-0.2, 0) is 0 Å². The molecule has 7 heteroatoms. The van der Waals surface area contributed by atoms with E-state index < -0.39 is 0 Å². The third-order valence-electron chi connectivity index (χ3n) is 4.26. The van der Waals surface area contributed by atoms with Gasteiger partial charge in [-0.05, 0) is 23.4 Å². The molecule has 1 fully saturated rings. The van der Waals surface area contributed by atoms with Crippen LogP contribution in [0.4, 0.5) is 5.82 Å². The molecular weight excluding hydrogens is 278 g/mol. The molecule has 0 aliphatic carbocycles. The van der Waals surface area contributed by atoms with Crippen LogP contribution < -0.4 is 4.90 Å². The van der Waals surface area contributed by atoms with Crippen LogP contribution in [-0.4, -0.2) is 62.9 Å². The van der Waals surface area contributed by atoms with Gasteiger partial charge in [-0.25, -0.2) is 0 Å². The molecule has 22 heavy (non-hydrogen) atoms. The summed E-state index contributed by atoms with van der Waals surface area (Å²) in [5.41, 5.74) is 0.712. The molecule has 0 spiro atoms. The quantitative estimate of drug-likeness (QED) is 0.724. The van der Waals surface area contributed by atoms with E-state index in [0.717, 1.165) is 42.8 Å². The number of anilines is 1. The van der Waals surface area contributed by atoms with Crippen molar-refractivity contribution < 1.29 is 0 Å². The van der Waals surface area contributed by atoms with Crippen molar-refractivity contribution in [3.63, 3.8) is 0 Å². The SMILES string of the molecule is CCCN1CCN(c2nn3nnnc3c3ccccc23)CC1. The summed E-state index contributed by atoms with van der Waals surface area (Å²) < 4.78 is 1.54. The lowest BCUT2D eigenvalue weighted by Gasteiger charge is -2.35. The second kappa shape index (κ2) is 5.49. The first-order valence-electron chi connectivity index (χ1n) is 7.81. The third kappa shape index (κ3) is 2.18. The summed E-state index contributed by atoms with van der Waals surface area (Å²) in [5.74, 6) is 0.978. The summed E-state index contributed by atoms with van der Waals surface area (Å²) in [6.45, 7) is 7.55. The van der Waals surface area contributed by atoms with Crippen molar-refractivity contribution in [2.45, 2.75) is 13.3 Å². The Morgan fingerprint density at radius 1 is 1.05 bits per heavy atom. The van der Waals surface area contributed by atoms with E-state index in [2.05, 4.69) is 49.5 Å². The van der Waals surface area contributed by atoms with Crippen LogP contribution in [0.2, 0.25) is 0 Å². The Balaban J connectivity index is 1.74. The average Bonchev–Trinajstić information content (AvgIpc) is 3.04. The molecule has 0 N–H and O–H groups in total. The molecule has 0 saturated carbocycles. The van der Waals surface area contributed by atoms with E-state index in [1.54, 1.807) is 0 Å². The number of aromatic nitrogens is 5. The van der Waals surface area contributed by atoms with Crippen molar-refractivity contribution in [2.24, 2.45) is 0 Å². The van der Waals surface area contributed by atoms with Crippen LogP contribution in [0.15, 0.2) is 24.3 Å². The van der Waals surface area contributed by atoms with E-state index in [1.165, 1.54) is 17.6 Å². The van der Waals surface area contributed by atoms with E-state index in [4.69, 9.17) is 0 Å². The zero-order valence-electron chi connectivity index (χ0n) is 12.7. The van der Waals surface area contributed by atoms with Gasteiger partial charge in [-0.2, -0.15) is 0 Å². The van der Waals surface area contributed by atoms with Crippen LogP contribution in [0.3, 0.4) is 0 Å². The molecule has 0 amide bonds. The molecule has 2 aromatic heterocycles. The Kier molecular flexibility index (Phi) is 3.34. The second-order valence-electron chi connectivity index (χ2n) is 5.69. The monoisotopic (exact) mass is 297 g/mol. The van der Waals surface area contributed by atoms with Gasteiger partial charge in [0.1, 0.15) is 0 Å². The molecule has 7 nitrogen and oxygen atoms in total. The molecule has 4 rings (SSSR count). The molecule has 0 radical (unpaired) electrons. The Bertz CT molecular complexity index is 789. The molecule has 1 aliphatic heterocycles. The summed E-state index contributed by atoms with van der Waals surface area (Å²) >= 11 is 0. The Hall–Kier alpha value is -2.28. The fourth-order valence-corrected chi connectivity index (χ4v) is 3.16. The Morgan fingerprint density at radius 2 is 1.82 bits per heavy atom. The molecule has 3 heterocycles. The zero-order valence-corrected chi connectivity index (χ0v) is 12.7. The van der Waals surface area contributed by atoms with Gasteiger partial charge in [-0.3, -0.25) is 4.90 Å². The van der Waals surface area contributed by atoms with E-state index >= 15 is 0 Å². The standard InChI is InChI=1S/C15H19N7/c1-2-7-20-8-10-21(11-9-20)15-13-6-4-3-5-12(13)14-16-18-19-22(14)17-15/h3-6H,2,7-11H2,1H3. The van der Waals surface area contributed by atoms with Gasteiger partial charge in [0, 0.05) is 37.0 Å². The van der Waals surface area contributed by atoms with Crippen LogP contribution in [0.25, 0.3) is 16.4 Å². The predicted octanol–water partition coefficient (Wildman–Crippen LogP) is 1.20. The summed E-state index contributed by atoms with van der Waals surface area (Å²) in [7, 11) is 0. The van der Waals surface area contributed by atoms with Gasteiger partial charge in [0.2, 0.25) is 5.65 Å². The number of hydrogen-bond donors (Lipinski definition) is 0. The topological polar surface area (TPSA) is 62.5 Å². The van der Waals surface area contributed by atoms with Crippen molar-refractivity contribution >= 4 is 22.2 Å². The molecule has 1 aromatic carbocycles. The summed E-state index contributed by atoms with van der Waals surface area (Å²) in [5, 5.41) is 18.6. The van der Waals surface area contributed by atoms with E-state index in [9.17, 15) is 0 Å². The zero-order chi connectivity index (χ0) is 14.9. The number of benzene rings is 1. The lowest BCUT2D eigenvalue weighted by atomic mass is 10.1. The first-order valence-corrected chi connectivity index (χ1v) is 7.81. The highest BCUT2D eigenvalue weighted by Gasteiger charge is 2.21. The Labute approximate surface area is 128 Å². The third-order valence-corrected chi connectivity index (χ3v) is 4.26. The Morgan fingerprint density at radius 3 is 2.59 bits per heavy atom. The van der Waals surface area contributed by atoms with Gasteiger partial charge < -0.3 is 4.90 Å². The van der Waals surface area contributed by atoms with E-state index in [-0.39, 0.29) is 0 Å². The second-order valence-corrected chi connectivity index (χ2v) is 5.69. The summed E-state index contributed by atoms with van der Waals surface area (Å²) in [4.78, 5) is 4.85. The maximum Gasteiger partial charge on any atom is 0.207 e. The van der Waals surface area contributed by atoms with Crippen LogP contribution >= 0.6 is 0 Å². The van der Waals surface area contributed by atoms with Crippen molar-refractivity contribution in [3.05, 3.63) is 24.3 Å². The van der Waals surface area contributed by atoms with Crippen LogP contribution in [0, 0.1) is 0 Å². The van der Waals surface area contributed by atoms with E-state index in [0.29, 0.717) is 5.65 Å². The van der Waals surface area contributed by atoms with Crippen LogP contribution in [0.5, 0.6) is 0 Å².